The third-order valence-electron chi connectivity index (χ3n) is 2.50. The van der Waals surface area contributed by atoms with E-state index in [0.717, 1.165) is 12.1 Å². The highest BCUT2D eigenvalue weighted by atomic mass is 35.5. The molecule has 1 aromatic carbocycles. The summed E-state index contributed by atoms with van der Waals surface area (Å²) in [6, 6.07) is 3.53. The molecule has 0 fully saturated rings. The van der Waals surface area contributed by atoms with Gasteiger partial charge in [-0.1, -0.05) is 13.8 Å². The summed E-state index contributed by atoms with van der Waals surface area (Å²) in [5.41, 5.74) is -0.0762. The van der Waals surface area contributed by atoms with E-state index < -0.39 is 11.2 Å². The Balaban J connectivity index is 2.83. The first kappa shape index (κ1) is 13.4. The van der Waals surface area contributed by atoms with Gasteiger partial charge in [-0.25, -0.2) is 8.78 Å². The summed E-state index contributed by atoms with van der Waals surface area (Å²) >= 11 is 5.54. The fraction of sp³-hybridized carbons (Fsp3) is 0.500. The number of hydrogen-bond acceptors (Lipinski definition) is 1. The van der Waals surface area contributed by atoms with Crippen molar-refractivity contribution in [1.82, 2.24) is 5.32 Å². The van der Waals surface area contributed by atoms with E-state index in [1.807, 2.05) is 13.8 Å². The third-order valence-corrected chi connectivity index (χ3v) is 2.68. The molecule has 0 saturated carbocycles. The van der Waals surface area contributed by atoms with Gasteiger partial charge in [0.15, 0.2) is 0 Å². The lowest BCUT2D eigenvalue weighted by Crippen LogP contribution is -2.34. The second-order valence-corrected chi connectivity index (χ2v) is 4.75. The third kappa shape index (κ3) is 3.42. The monoisotopic (exact) mass is 247 g/mol. The van der Waals surface area contributed by atoms with Gasteiger partial charge in [0.05, 0.1) is 0 Å². The van der Waals surface area contributed by atoms with Gasteiger partial charge in [0.25, 0.3) is 0 Å². The lowest BCUT2D eigenvalue weighted by atomic mass is 9.84. The average Bonchev–Trinajstić information content (AvgIpc) is 2.22. The highest BCUT2D eigenvalue weighted by molar-refractivity contribution is 6.18. The van der Waals surface area contributed by atoms with Gasteiger partial charge >= 0.3 is 0 Å². The van der Waals surface area contributed by atoms with E-state index in [4.69, 9.17) is 11.6 Å². The van der Waals surface area contributed by atoms with Crippen molar-refractivity contribution in [3.05, 3.63) is 35.4 Å². The summed E-state index contributed by atoms with van der Waals surface area (Å²) in [4.78, 5) is 0. The molecule has 1 rings (SSSR count). The van der Waals surface area contributed by atoms with E-state index in [1.54, 1.807) is 0 Å². The van der Waals surface area contributed by atoms with Crippen molar-refractivity contribution in [1.29, 1.82) is 0 Å². The maximum Gasteiger partial charge on any atom is 0.127 e. The quantitative estimate of drug-likeness (QED) is 0.623. The Bertz CT molecular complexity index is 353. The second-order valence-electron chi connectivity index (χ2n) is 4.37. The van der Waals surface area contributed by atoms with Crippen LogP contribution in [0.5, 0.6) is 0 Å². The molecular weight excluding hydrogens is 232 g/mol. The van der Waals surface area contributed by atoms with Gasteiger partial charge in [0.2, 0.25) is 0 Å². The maximum absolute atomic E-state index is 13.6. The molecule has 1 aromatic rings. The van der Waals surface area contributed by atoms with E-state index in [2.05, 4.69) is 5.32 Å². The summed E-state index contributed by atoms with van der Waals surface area (Å²) in [6.45, 7) is 4.94. The van der Waals surface area contributed by atoms with Gasteiger partial charge < -0.3 is 5.32 Å². The maximum atomic E-state index is 13.6. The molecule has 0 atom stereocenters. The van der Waals surface area contributed by atoms with Crippen LogP contribution in [0.15, 0.2) is 18.2 Å². The number of alkyl halides is 1. The first-order chi connectivity index (χ1) is 7.47. The van der Waals surface area contributed by atoms with Crippen LogP contribution in [-0.2, 0) is 5.41 Å². The van der Waals surface area contributed by atoms with Gasteiger partial charge in [0, 0.05) is 24.4 Å². The average molecular weight is 248 g/mol. The molecule has 0 saturated heterocycles. The van der Waals surface area contributed by atoms with Crippen LogP contribution in [0, 0.1) is 11.6 Å². The summed E-state index contributed by atoms with van der Waals surface area (Å²) in [7, 11) is 0. The van der Waals surface area contributed by atoms with E-state index in [0.29, 0.717) is 24.5 Å². The van der Waals surface area contributed by atoms with E-state index in [9.17, 15) is 8.78 Å². The number of hydrogen-bond donors (Lipinski definition) is 1. The van der Waals surface area contributed by atoms with Crippen LogP contribution in [0.4, 0.5) is 8.78 Å². The van der Waals surface area contributed by atoms with Gasteiger partial charge in [-0.05, 0) is 23.8 Å². The van der Waals surface area contributed by atoms with Gasteiger partial charge in [-0.2, -0.15) is 0 Å². The van der Waals surface area contributed by atoms with E-state index in [-0.39, 0.29) is 5.82 Å². The van der Waals surface area contributed by atoms with Crippen LogP contribution in [0.2, 0.25) is 0 Å². The first-order valence-corrected chi connectivity index (χ1v) is 5.73. The summed E-state index contributed by atoms with van der Waals surface area (Å²) < 4.78 is 26.6. The minimum absolute atomic E-state index is 0.376. The van der Waals surface area contributed by atoms with Crippen molar-refractivity contribution in [2.45, 2.75) is 19.3 Å². The fourth-order valence-electron chi connectivity index (χ4n) is 1.58. The minimum atomic E-state index is -0.460. The van der Waals surface area contributed by atoms with Gasteiger partial charge in [-0.3, -0.25) is 0 Å². The van der Waals surface area contributed by atoms with Crippen LogP contribution < -0.4 is 5.32 Å². The van der Waals surface area contributed by atoms with Crippen molar-refractivity contribution in [3.63, 3.8) is 0 Å². The zero-order chi connectivity index (χ0) is 12.2. The highest BCUT2D eigenvalue weighted by Gasteiger charge is 2.24. The van der Waals surface area contributed by atoms with Crippen LogP contribution in [0.25, 0.3) is 0 Å². The van der Waals surface area contributed by atoms with Gasteiger partial charge in [0.1, 0.15) is 11.6 Å². The molecule has 0 heterocycles. The second kappa shape index (κ2) is 5.60. The van der Waals surface area contributed by atoms with Gasteiger partial charge in [-0.15, -0.1) is 11.6 Å². The molecule has 0 aliphatic carbocycles. The zero-order valence-electron chi connectivity index (χ0n) is 9.49. The molecule has 1 nitrogen and oxygen atoms in total. The van der Waals surface area contributed by atoms with Crippen molar-refractivity contribution in [2.24, 2.45) is 0 Å². The number of halogens is 3. The topological polar surface area (TPSA) is 12.0 Å². The van der Waals surface area contributed by atoms with Crippen LogP contribution >= 0.6 is 11.6 Å². The molecular formula is C12H16ClF2N. The molecule has 0 bridgehead atoms. The largest absolute Gasteiger partial charge is 0.315 e. The highest BCUT2D eigenvalue weighted by Crippen LogP contribution is 2.25. The molecule has 4 heteroatoms. The van der Waals surface area contributed by atoms with E-state index >= 15 is 0 Å². The minimum Gasteiger partial charge on any atom is -0.315 e. The van der Waals surface area contributed by atoms with E-state index in [1.165, 1.54) is 6.07 Å². The summed E-state index contributed by atoms with van der Waals surface area (Å²) in [5, 5.41) is 3.10. The SMILES string of the molecule is CC(C)(CNCCCl)c1cc(F)ccc1F. The molecule has 0 radical (unpaired) electrons. The standard InChI is InChI=1S/C12H16ClF2N/c1-12(2,8-16-6-5-13)10-7-9(14)3-4-11(10)15/h3-4,7,16H,5-6,8H2,1-2H3. The molecule has 1 N–H and O–H groups in total. The molecule has 90 valence electrons. The predicted molar refractivity (Wildman–Crippen MR) is 63.0 cm³/mol. The molecule has 16 heavy (non-hydrogen) atoms. The molecule has 0 aliphatic heterocycles. The van der Waals surface area contributed by atoms with Crippen molar-refractivity contribution in [3.8, 4) is 0 Å². The van der Waals surface area contributed by atoms with Crippen LogP contribution in [0.1, 0.15) is 19.4 Å². The lowest BCUT2D eigenvalue weighted by Gasteiger charge is -2.26. The molecule has 0 unspecified atom stereocenters. The number of benzene rings is 1. The zero-order valence-corrected chi connectivity index (χ0v) is 10.2. The molecule has 0 spiro atoms. The smallest absolute Gasteiger partial charge is 0.127 e. The Morgan fingerprint density at radius 2 is 2.00 bits per heavy atom. The summed E-state index contributed by atoms with van der Waals surface area (Å²) in [5.74, 6) is -0.289. The Kier molecular flexibility index (Phi) is 4.69. The predicted octanol–water partition coefficient (Wildman–Crippen LogP) is 3.07. The Hall–Kier alpha value is -0.670. The Morgan fingerprint density at radius 1 is 1.31 bits per heavy atom. The van der Waals surface area contributed by atoms with Crippen molar-refractivity contribution >= 4 is 11.6 Å². The van der Waals surface area contributed by atoms with Crippen LogP contribution in [-0.4, -0.2) is 19.0 Å². The Morgan fingerprint density at radius 3 is 2.62 bits per heavy atom. The van der Waals surface area contributed by atoms with Crippen LogP contribution in [0.3, 0.4) is 0 Å². The fourth-order valence-corrected chi connectivity index (χ4v) is 1.71. The first-order valence-electron chi connectivity index (χ1n) is 5.19. The van der Waals surface area contributed by atoms with Crippen molar-refractivity contribution < 1.29 is 8.78 Å². The summed E-state index contributed by atoms with van der Waals surface area (Å²) in [6.07, 6.45) is 0. The Labute approximate surface area is 99.8 Å². The lowest BCUT2D eigenvalue weighted by molar-refractivity contribution is 0.446. The number of rotatable bonds is 5. The molecule has 0 aromatic heterocycles. The number of nitrogens with one attached hydrogen (secondary N) is 1. The molecule has 0 amide bonds. The normalized spacial score (nSPS) is 11.8. The van der Waals surface area contributed by atoms with Crippen molar-refractivity contribution in [2.75, 3.05) is 19.0 Å². The molecule has 0 aliphatic rings.